The Balaban J connectivity index is 1.61. The van der Waals surface area contributed by atoms with Gasteiger partial charge in [-0.1, -0.05) is 6.07 Å². The van der Waals surface area contributed by atoms with Gasteiger partial charge in [-0.05, 0) is 29.1 Å². The van der Waals surface area contributed by atoms with Crippen LogP contribution in [0.5, 0.6) is 0 Å². The molecule has 0 spiro atoms. The summed E-state index contributed by atoms with van der Waals surface area (Å²) >= 11 is 1.52. The van der Waals surface area contributed by atoms with E-state index in [1.165, 1.54) is 28.4 Å². The van der Waals surface area contributed by atoms with Crippen LogP contribution in [0.2, 0.25) is 0 Å². The monoisotopic (exact) mass is 408 g/mol. The molecule has 4 aromatic rings. The number of ketones is 1. The Labute approximate surface area is 168 Å². The van der Waals surface area contributed by atoms with Crippen molar-refractivity contribution in [2.75, 3.05) is 0 Å². The summed E-state index contributed by atoms with van der Waals surface area (Å²) in [4.78, 5) is 49.0. The number of H-pyrrole nitrogens is 1. The van der Waals surface area contributed by atoms with Gasteiger partial charge < -0.3 is 16.0 Å². The maximum absolute atomic E-state index is 12.9. The number of nitrogens with one attached hydrogen (secondary N) is 2. The molecule has 0 fully saturated rings. The highest BCUT2D eigenvalue weighted by Crippen LogP contribution is 2.24. The van der Waals surface area contributed by atoms with Gasteiger partial charge in [0.2, 0.25) is 5.78 Å². The van der Waals surface area contributed by atoms with Gasteiger partial charge in [0.1, 0.15) is 23.9 Å². The molecule has 4 heterocycles. The van der Waals surface area contributed by atoms with Gasteiger partial charge in [-0.2, -0.15) is 0 Å². The number of rotatable bonds is 7. The second-order valence-electron chi connectivity index (χ2n) is 6.27. The molecule has 10 heteroatoms. The van der Waals surface area contributed by atoms with Crippen LogP contribution in [-0.4, -0.2) is 43.2 Å². The lowest BCUT2D eigenvalue weighted by atomic mass is 10.0. The molecule has 9 nitrogen and oxygen atoms in total. The lowest BCUT2D eigenvalue weighted by Crippen LogP contribution is -2.47. The van der Waals surface area contributed by atoms with Gasteiger partial charge in [0.25, 0.3) is 11.8 Å². The van der Waals surface area contributed by atoms with Crippen molar-refractivity contribution in [1.29, 1.82) is 0 Å². The topological polar surface area (TPSA) is 136 Å². The molecule has 0 saturated heterocycles. The van der Waals surface area contributed by atoms with Gasteiger partial charge >= 0.3 is 0 Å². The van der Waals surface area contributed by atoms with E-state index in [0.717, 1.165) is 15.8 Å². The molecule has 0 aliphatic heterocycles. The minimum Gasteiger partial charge on any atom is -0.363 e. The van der Waals surface area contributed by atoms with Crippen LogP contribution in [-0.2, 0) is 16.0 Å². The Morgan fingerprint density at radius 1 is 1.28 bits per heavy atom. The number of carbonyl (C=O) groups excluding carboxylic acids is 3. The molecule has 1 atom stereocenters. The van der Waals surface area contributed by atoms with Crippen LogP contribution in [0.4, 0.5) is 0 Å². The number of hydrogen-bond donors (Lipinski definition) is 3. The summed E-state index contributed by atoms with van der Waals surface area (Å²) in [5.74, 6) is -2.04. The summed E-state index contributed by atoms with van der Waals surface area (Å²) in [7, 11) is 0. The average molecular weight is 408 g/mol. The molecule has 4 N–H and O–H groups in total. The number of aromatic amines is 1. The number of amides is 2. The summed E-state index contributed by atoms with van der Waals surface area (Å²) in [6.45, 7) is 0. The summed E-state index contributed by atoms with van der Waals surface area (Å²) in [5.41, 5.74) is 6.19. The van der Waals surface area contributed by atoms with E-state index < -0.39 is 23.6 Å². The molecule has 2 amide bonds. The fourth-order valence-corrected chi connectivity index (χ4v) is 3.84. The second-order valence-corrected chi connectivity index (χ2v) is 7.19. The maximum Gasteiger partial charge on any atom is 0.287 e. The van der Waals surface area contributed by atoms with Crippen LogP contribution in [0, 0.1) is 0 Å². The predicted molar refractivity (Wildman–Crippen MR) is 107 cm³/mol. The van der Waals surface area contributed by atoms with Gasteiger partial charge in [0.05, 0.1) is 11.0 Å². The highest BCUT2D eigenvalue weighted by molar-refractivity contribution is 7.16. The highest BCUT2D eigenvalue weighted by Gasteiger charge is 2.28. The standard InChI is InChI=1S/C19H16N6O3S/c20-17(27)16(26)13(7-11-8-23-19-12(11)4-6-29-19)24-18(28)14-9-21-10-25(14)15-3-1-2-5-22-15/h1-6,8-10,13,23H,7H2,(H2,20,27)(H,24,28). The fraction of sp³-hybridized carbons (Fsp3) is 0.105. The molecule has 4 aromatic heterocycles. The molecule has 0 bridgehead atoms. The zero-order valence-corrected chi connectivity index (χ0v) is 15.8. The lowest BCUT2D eigenvalue weighted by Gasteiger charge is -2.16. The van der Waals surface area contributed by atoms with E-state index in [2.05, 4.69) is 20.3 Å². The third-order valence-electron chi connectivity index (χ3n) is 4.44. The third-order valence-corrected chi connectivity index (χ3v) is 5.29. The molecule has 0 aliphatic carbocycles. The van der Waals surface area contributed by atoms with Gasteiger partial charge in [-0.3, -0.25) is 19.0 Å². The van der Waals surface area contributed by atoms with Crippen molar-refractivity contribution in [3.63, 3.8) is 0 Å². The van der Waals surface area contributed by atoms with Crippen LogP contribution in [0.15, 0.2) is 54.6 Å². The van der Waals surface area contributed by atoms with Crippen molar-refractivity contribution in [2.24, 2.45) is 5.73 Å². The normalized spacial score (nSPS) is 12.0. The number of thiophene rings is 1. The Morgan fingerprint density at radius 3 is 2.90 bits per heavy atom. The average Bonchev–Trinajstić information content (AvgIpc) is 3.45. The van der Waals surface area contributed by atoms with E-state index in [-0.39, 0.29) is 12.1 Å². The molecule has 1 unspecified atom stereocenters. The first-order valence-electron chi connectivity index (χ1n) is 8.66. The number of fused-ring (bicyclic) bond motifs is 1. The van der Waals surface area contributed by atoms with Crippen LogP contribution in [0.1, 0.15) is 16.1 Å². The van der Waals surface area contributed by atoms with Crippen LogP contribution in [0.3, 0.4) is 0 Å². The van der Waals surface area contributed by atoms with Gasteiger partial charge in [0.15, 0.2) is 0 Å². The largest absolute Gasteiger partial charge is 0.363 e. The van der Waals surface area contributed by atoms with Crippen molar-refractivity contribution in [3.05, 3.63) is 65.8 Å². The third kappa shape index (κ3) is 3.65. The van der Waals surface area contributed by atoms with E-state index in [1.54, 1.807) is 30.6 Å². The maximum atomic E-state index is 12.9. The van der Waals surface area contributed by atoms with E-state index in [1.807, 2.05) is 11.4 Å². The van der Waals surface area contributed by atoms with Crippen molar-refractivity contribution >= 4 is 39.2 Å². The van der Waals surface area contributed by atoms with E-state index in [0.29, 0.717) is 5.82 Å². The number of nitrogens with two attached hydrogens (primary N) is 1. The zero-order chi connectivity index (χ0) is 20.4. The quantitative estimate of drug-likeness (QED) is 0.395. The number of aromatic nitrogens is 4. The Bertz CT molecular complexity index is 1190. The van der Waals surface area contributed by atoms with Gasteiger partial charge in [0, 0.05) is 24.2 Å². The number of hydrogen-bond acceptors (Lipinski definition) is 6. The van der Waals surface area contributed by atoms with Crippen molar-refractivity contribution in [2.45, 2.75) is 12.5 Å². The van der Waals surface area contributed by atoms with Crippen molar-refractivity contribution in [1.82, 2.24) is 24.8 Å². The molecule has 0 radical (unpaired) electrons. The summed E-state index contributed by atoms with van der Waals surface area (Å²) in [6.07, 6.45) is 6.29. The number of imidazole rings is 1. The highest BCUT2D eigenvalue weighted by atomic mass is 32.1. The number of pyridine rings is 1. The number of carbonyl (C=O) groups is 3. The number of Topliss-reactive ketones (excluding diaryl/α,β-unsaturated/α-hetero) is 1. The molecule has 0 aromatic carbocycles. The van der Waals surface area contributed by atoms with E-state index in [9.17, 15) is 14.4 Å². The number of primary amides is 1. The minimum absolute atomic E-state index is 0.127. The Kier molecular flexibility index (Phi) is 4.92. The zero-order valence-electron chi connectivity index (χ0n) is 15.0. The number of nitrogens with zero attached hydrogens (tertiary/aromatic N) is 3. The lowest BCUT2D eigenvalue weighted by molar-refractivity contribution is -0.137. The molecular weight excluding hydrogens is 392 g/mol. The Hall–Kier alpha value is -3.79. The van der Waals surface area contributed by atoms with Crippen LogP contribution in [0.25, 0.3) is 16.0 Å². The molecular formula is C19H16N6O3S. The molecule has 4 rings (SSSR count). The fourth-order valence-electron chi connectivity index (χ4n) is 3.05. The predicted octanol–water partition coefficient (Wildman–Crippen LogP) is 1.21. The smallest absolute Gasteiger partial charge is 0.287 e. The molecule has 29 heavy (non-hydrogen) atoms. The first kappa shape index (κ1) is 18.6. The van der Waals surface area contributed by atoms with Crippen LogP contribution >= 0.6 is 11.3 Å². The van der Waals surface area contributed by atoms with Crippen molar-refractivity contribution in [3.8, 4) is 5.82 Å². The Morgan fingerprint density at radius 2 is 2.14 bits per heavy atom. The first-order chi connectivity index (χ1) is 14.0. The SMILES string of the molecule is NC(=O)C(=O)C(Cc1c[nH]c2sccc12)NC(=O)c1cncn1-c1ccccn1. The molecule has 0 saturated carbocycles. The molecule has 0 aliphatic rings. The first-order valence-corrected chi connectivity index (χ1v) is 9.54. The van der Waals surface area contributed by atoms with Gasteiger partial charge in [-0.25, -0.2) is 9.97 Å². The summed E-state index contributed by atoms with van der Waals surface area (Å²) in [5, 5.41) is 5.47. The molecule has 146 valence electrons. The van der Waals surface area contributed by atoms with Crippen molar-refractivity contribution < 1.29 is 14.4 Å². The van der Waals surface area contributed by atoms with Crippen LogP contribution < -0.4 is 11.1 Å². The summed E-state index contributed by atoms with van der Waals surface area (Å²) in [6, 6.07) is 6.06. The summed E-state index contributed by atoms with van der Waals surface area (Å²) < 4.78 is 1.49. The van der Waals surface area contributed by atoms with E-state index >= 15 is 0 Å². The second kappa shape index (κ2) is 7.68. The minimum atomic E-state index is -1.11. The van der Waals surface area contributed by atoms with Gasteiger partial charge in [-0.15, -0.1) is 11.3 Å². The van der Waals surface area contributed by atoms with E-state index in [4.69, 9.17) is 5.73 Å².